The molecule has 0 fully saturated rings. The lowest BCUT2D eigenvalue weighted by Crippen LogP contribution is -2.30. The highest BCUT2D eigenvalue weighted by Crippen LogP contribution is 2.26. The van der Waals surface area contributed by atoms with E-state index in [1.54, 1.807) is 44.6 Å². The highest BCUT2D eigenvalue weighted by molar-refractivity contribution is 6.09. The minimum Gasteiger partial charge on any atom is -0.497 e. The minimum atomic E-state index is -0.552. The molecular formula is C24H23N3O4. The molecule has 2 N–H and O–H groups in total. The zero-order valence-electron chi connectivity index (χ0n) is 17.3. The molecule has 7 nitrogen and oxygen atoms in total. The Bertz CT molecular complexity index is 1250. The summed E-state index contributed by atoms with van der Waals surface area (Å²) in [5, 5.41) is 5.04. The van der Waals surface area contributed by atoms with E-state index in [0.29, 0.717) is 11.3 Å². The van der Waals surface area contributed by atoms with Crippen LogP contribution in [0.5, 0.6) is 5.75 Å². The number of fused-ring (bicyclic) bond motifs is 3. The molecule has 7 heteroatoms. The lowest BCUT2D eigenvalue weighted by Gasteiger charge is -2.19. The number of pyridine rings is 1. The van der Waals surface area contributed by atoms with Crippen molar-refractivity contribution in [1.29, 1.82) is 0 Å². The van der Waals surface area contributed by atoms with Gasteiger partial charge in [-0.05, 0) is 42.8 Å². The number of esters is 1. The fraction of sp³-hybridized carbons (Fsp3) is 0.208. The van der Waals surface area contributed by atoms with Gasteiger partial charge in [0.25, 0.3) is 5.91 Å². The van der Waals surface area contributed by atoms with Crippen LogP contribution in [0.1, 0.15) is 35.3 Å². The topological polar surface area (TPSA) is 93.3 Å². The van der Waals surface area contributed by atoms with Crippen LogP contribution >= 0.6 is 0 Å². The second kappa shape index (κ2) is 8.87. The molecule has 0 saturated heterocycles. The number of benzene rings is 2. The molecule has 0 saturated carbocycles. The van der Waals surface area contributed by atoms with E-state index in [2.05, 4.69) is 15.3 Å². The van der Waals surface area contributed by atoms with Gasteiger partial charge < -0.3 is 19.8 Å². The van der Waals surface area contributed by atoms with Crippen molar-refractivity contribution in [3.8, 4) is 5.75 Å². The van der Waals surface area contributed by atoms with Gasteiger partial charge in [-0.3, -0.25) is 14.6 Å². The first kappa shape index (κ1) is 20.4. The highest BCUT2D eigenvalue weighted by atomic mass is 16.5. The number of amides is 1. The number of hydrogen-bond acceptors (Lipinski definition) is 5. The predicted molar refractivity (Wildman–Crippen MR) is 118 cm³/mol. The average Bonchev–Trinajstić information content (AvgIpc) is 3.16. The van der Waals surface area contributed by atoms with E-state index >= 15 is 0 Å². The quantitative estimate of drug-likeness (QED) is 0.441. The van der Waals surface area contributed by atoms with Gasteiger partial charge >= 0.3 is 5.97 Å². The maximum absolute atomic E-state index is 13.1. The summed E-state index contributed by atoms with van der Waals surface area (Å²) < 4.78 is 10.4. The highest BCUT2D eigenvalue weighted by Gasteiger charge is 2.21. The minimum absolute atomic E-state index is 0.0209. The lowest BCUT2D eigenvalue weighted by atomic mass is 10.0. The van der Waals surface area contributed by atoms with Crippen LogP contribution < -0.4 is 10.1 Å². The summed E-state index contributed by atoms with van der Waals surface area (Å²) in [4.78, 5) is 32.6. The van der Waals surface area contributed by atoms with E-state index < -0.39 is 6.04 Å². The van der Waals surface area contributed by atoms with Crippen LogP contribution in [0, 0.1) is 0 Å². The molecule has 2 aromatic heterocycles. The monoisotopic (exact) mass is 417 g/mol. The number of aromatic nitrogens is 2. The number of nitrogens with one attached hydrogen (secondary N) is 2. The molecular weight excluding hydrogens is 394 g/mol. The number of carbonyl (C=O) groups excluding carboxylic acids is 2. The Kier molecular flexibility index (Phi) is 5.84. The van der Waals surface area contributed by atoms with Crippen molar-refractivity contribution >= 4 is 33.7 Å². The van der Waals surface area contributed by atoms with E-state index in [9.17, 15) is 9.59 Å². The molecule has 2 heterocycles. The molecule has 0 aliphatic rings. The molecule has 1 unspecified atom stereocenters. The van der Waals surface area contributed by atoms with Gasteiger partial charge in [-0.1, -0.05) is 18.2 Å². The normalized spacial score (nSPS) is 11.9. The Hall–Kier alpha value is -3.87. The first-order chi connectivity index (χ1) is 15.1. The molecule has 0 radical (unpaired) electrons. The molecule has 1 atom stereocenters. The third-order valence-electron chi connectivity index (χ3n) is 5.14. The van der Waals surface area contributed by atoms with Crippen LogP contribution in [-0.2, 0) is 9.53 Å². The van der Waals surface area contributed by atoms with Crippen molar-refractivity contribution in [3.05, 3.63) is 72.1 Å². The van der Waals surface area contributed by atoms with E-state index in [4.69, 9.17) is 9.47 Å². The van der Waals surface area contributed by atoms with Gasteiger partial charge in [-0.15, -0.1) is 0 Å². The van der Waals surface area contributed by atoms with E-state index in [-0.39, 0.29) is 24.9 Å². The van der Waals surface area contributed by atoms with Gasteiger partial charge in [-0.25, -0.2) is 0 Å². The predicted octanol–water partition coefficient (Wildman–Crippen LogP) is 4.15. The van der Waals surface area contributed by atoms with Gasteiger partial charge in [-0.2, -0.15) is 0 Å². The number of carbonyl (C=O) groups is 2. The van der Waals surface area contributed by atoms with Gasteiger partial charge in [0, 0.05) is 28.0 Å². The smallest absolute Gasteiger partial charge is 0.308 e. The van der Waals surface area contributed by atoms with Crippen molar-refractivity contribution in [2.75, 3.05) is 13.7 Å². The van der Waals surface area contributed by atoms with Crippen molar-refractivity contribution < 1.29 is 19.1 Å². The molecule has 31 heavy (non-hydrogen) atoms. The van der Waals surface area contributed by atoms with Crippen molar-refractivity contribution in [2.24, 2.45) is 0 Å². The number of H-pyrrole nitrogens is 1. The second-order valence-corrected chi connectivity index (χ2v) is 7.12. The summed E-state index contributed by atoms with van der Waals surface area (Å²) in [6.45, 7) is 2.03. The van der Waals surface area contributed by atoms with Gasteiger partial charge in [0.2, 0.25) is 0 Å². The number of aromatic amines is 1. The van der Waals surface area contributed by atoms with E-state index in [0.717, 1.165) is 27.4 Å². The molecule has 158 valence electrons. The molecule has 0 aliphatic carbocycles. The van der Waals surface area contributed by atoms with Crippen LogP contribution in [0.25, 0.3) is 21.8 Å². The second-order valence-electron chi connectivity index (χ2n) is 7.12. The van der Waals surface area contributed by atoms with Crippen molar-refractivity contribution in [2.45, 2.75) is 19.4 Å². The summed E-state index contributed by atoms with van der Waals surface area (Å²) in [6.07, 6.45) is 3.52. The van der Waals surface area contributed by atoms with Gasteiger partial charge in [0.05, 0.1) is 37.9 Å². The first-order valence-corrected chi connectivity index (χ1v) is 10.0. The summed E-state index contributed by atoms with van der Waals surface area (Å²) in [5.41, 5.74) is 3.01. The van der Waals surface area contributed by atoms with Crippen LogP contribution in [-0.4, -0.2) is 35.6 Å². The summed E-state index contributed by atoms with van der Waals surface area (Å²) >= 11 is 0. The van der Waals surface area contributed by atoms with Crippen LogP contribution in [0.3, 0.4) is 0 Å². The maximum Gasteiger partial charge on any atom is 0.308 e. The van der Waals surface area contributed by atoms with E-state index in [1.807, 2.05) is 30.3 Å². The van der Waals surface area contributed by atoms with E-state index in [1.165, 1.54) is 0 Å². The van der Waals surface area contributed by atoms with Gasteiger partial charge in [0.15, 0.2) is 0 Å². The fourth-order valence-electron chi connectivity index (χ4n) is 3.64. The number of ether oxygens (including phenoxy) is 2. The summed E-state index contributed by atoms with van der Waals surface area (Å²) in [6, 6.07) is 14.2. The maximum atomic E-state index is 13.1. The molecule has 0 bridgehead atoms. The Labute approximate surface area is 179 Å². The molecule has 0 aliphatic heterocycles. The summed E-state index contributed by atoms with van der Waals surface area (Å²) in [5.74, 6) is -0.0151. The van der Waals surface area contributed by atoms with Crippen LogP contribution in [0.15, 0.2) is 60.9 Å². The zero-order valence-corrected chi connectivity index (χ0v) is 17.3. The van der Waals surface area contributed by atoms with Crippen LogP contribution in [0.2, 0.25) is 0 Å². The average molecular weight is 417 g/mol. The molecule has 4 rings (SSSR count). The Morgan fingerprint density at radius 3 is 2.74 bits per heavy atom. The fourth-order valence-corrected chi connectivity index (χ4v) is 3.64. The Balaban J connectivity index is 1.62. The van der Waals surface area contributed by atoms with Crippen molar-refractivity contribution in [1.82, 2.24) is 15.3 Å². The molecule has 0 spiro atoms. The standard InChI is InChI=1S/C24H23N3O4/c1-3-31-23(28)13-20(15-5-4-6-17(11-15)30-2)27-24(29)16-7-8-18-19-9-10-25-14-22(19)26-21(18)12-16/h4-12,14,20,26H,3,13H2,1-2H3,(H,27,29). The first-order valence-electron chi connectivity index (χ1n) is 10.0. The largest absolute Gasteiger partial charge is 0.497 e. The third-order valence-corrected chi connectivity index (χ3v) is 5.14. The number of methoxy groups -OCH3 is 1. The number of nitrogens with zero attached hydrogens (tertiary/aromatic N) is 1. The molecule has 2 aromatic carbocycles. The zero-order chi connectivity index (χ0) is 21.8. The molecule has 1 amide bonds. The Morgan fingerprint density at radius 2 is 1.94 bits per heavy atom. The third kappa shape index (κ3) is 4.35. The lowest BCUT2D eigenvalue weighted by molar-refractivity contribution is -0.143. The number of rotatable bonds is 7. The SMILES string of the molecule is CCOC(=O)CC(NC(=O)c1ccc2c(c1)[nH]c1cnccc12)c1cccc(OC)c1. The number of hydrogen-bond donors (Lipinski definition) is 2. The summed E-state index contributed by atoms with van der Waals surface area (Å²) in [7, 11) is 1.57. The van der Waals surface area contributed by atoms with Crippen LogP contribution in [0.4, 0.5) is 0 Å². The molecule has 4 aromatic rings. The van der Waals surface area contributed by atoms with Crippen molar-refractivity contribution in [3.63, 3.8) is 0 Å². The van der Waals surface area contributed by atoms with Gasteiger partial charge in [0.1, 0.15) is 5.75 Å². The Morgan fingerprint density at radius 1 is 1.10 bits per heavy atom.